The molecule has 110 valence electrons. The Bertz CT molecular complexity index is 595. The number of amides is 1. The average Bonchev–Trinajstić information content (AvgIpc) is 3.19. The number of ether oxygens (including phenoxy) is 1. The molecule has 3 rings (SSSR count). The molecule has 1 saturated heterocycles. The van der Waals surface area contributed by atoms with Gasteiger partial charge in [-0.25, -0.2) is 0 Å². The Balaban J connectivity index is 1.63. The molecule has 4 nitrogen and oxygen atoms in total. The third kappa shape index (κ3) is 3.25. The second-order valence-electron chi connectivity index (χ2n) is 5.07. The Labute approximate surface area is 128 Å². The van der Waals surface area contributed by atoms with E-state index in [0.29, 0.717) is 6.10 Å². The largest absolute Gasteiger partial charge is 0.380 e. The van der Waals surface area contributed by atoms with Crippen molar-refractivity contribution in [3.63, 3.8) is 0 Å². The Morgan fingerprint density at radius 1 is 1.33 bits per heavy atom. The van der Waals surface area contributed by atoms with Gasteiger partial charge in [0.1, 0.15) is 0 Å². The van der Waals surface area contributed by atoms with Crippen LogP contribution in [0.3, 0.4) is 0 Å². The lowest BCUT2D eigenvalue weighted by molar-refractivity contribution is 0.103. The molecule has 0 radical (unpaired) electrons. The minimum atomic E-state index is -0.0571. The van der Waals surface area contributed by atoms with Gasteiger partial charge in [0.2, 0.25) is 0 Å². The molecule has 1 N–H and O–H groups in total. The molecule has 1 aliphatic heterocycles. The summed E-state index contributed by atoms with van der Waals surface area (Å²) in [7, 11) is 1.76. The summed E-state index contributed by atoms with van der Waals surface area (Å²) in [5, 5.41) is 4.81. The van der Waals surface area contributed by atoms with Crippen LogP contribution >= 0.6 is 11.3 Å². The van der Waals surface area contributed by atoms with E-state index in [9.17, 15) is 4.79 Å². The van der Waals surface area contributed by atoms with E-state index in [1.165, 1.54) is 17.0 Å². The van der Waals surface area contributed by atoms with Gasteiger partial charge in [-0.3, -0.25) is 4.79 Å². The SMILES string of the molecule is CO[C@H]1CCN(c2ccc(NC(=O)c3cccs3)cc2)C1. The van der Waals surface area contributed by atoms with Crippen molar-refractivity contribution in [2.45, 2.75) is 12.5 Å². The predicted molar refractivity (Wildman–Crippen MR) is 86.3 cm³/mol. The smallest absolute Gasteiger partial charge is 0.265 e. The number of thiophene rings is 1. The summed E-state index contributed by atoms with van der Waals surface area (Å²) < 4.78 is 5.38. The van der Waals surface area contributed by atoms with Crippen molar-refractivity contribution in [2.24, 2.45) is 0 Å². The quantitative estimate of drug-likeness (QED) is 0.943. The minimum absolute atomic E-state index is 0.0571. The van der Waals surface area contributed by atoms with E-state index in [1.54, 1.807) is 7.11 Å². The fourth-order valence-corrected chi connectivity index (χ4v) is 3.13. The summed E-state index contributed by atoms with van der Waals surface area (Å²) >= 11 is 1.44. The van der Waals surface area contributed by atoms with Crippen LogP contribution in [0.2, 0.25) is 0 Å². The number of benzene rings is 1. The summed E-state index contributed by atoms with van der Waals surface area (Å²) in [6.45, 7) is 1.94. The van der Waals surface area contributed by atoms with Gasteiger partial charge in [0, 0.05) is 31.6 Å². The van der Waals surface area contributed by atoms with E-state index < -0.39 is 0 Å². The van der Waals surface area contributed by atoms with Gasteiger partial charge >= 0.3 is 0 Å². The number of hydrogen-bond donors (Lipinski definition) is 1. The van der Waals surface area contributed by atoms with Crippen LogP contribution in [0.25, 0.3) is 0 Å². The predicted octanol–water partition coefficient (Wildman–Crippen LogP) is 3.23. The first-order chi connectivity index (χ1) is 10.3. The number of carbonyl (C=O) groups excluding carboxylic acids is 1. The molecule has 1 amide bonds. The summed E-state index contributed by atoms with van der Waals surface area (Å²) in [5.74, 6) is -0.0571. The number of carbonyl (C=O) groups is 1. The Kier molecular flexibility index (Phi) is 4.22. The Morgan fingerprint density at radius 3 is 2.76 bits per heavy atom. The van der Waals surface area contributed by atoms with Gasteiger partial charge in [-0.1, -0.05) is 6.07 Å². The minimum Gasteiger partial charge on any atom is -0.380 e. The summed E-state index contributed by atoms with van der Waals surface area (Å²) in [6.07, 6.45) is 1.39. The van der Waals surface area contributed by atoms with Crippen molar-refractivity contribution < 1.29 is 9.53 Å². The third-order valence-electron chi connectivity index (χ3n) is 3.71. The van der Waals surface area contributed by atoms with Crippen LogP contribution in [0.4, 0.5) is 11.4 Å². The van der Waals surface area contributed by atoms with Crippen LogP contribution in [0.5, 0.6) is 0 Å². The van der Waals surface area contributed by atoms with Crippen molar-refractivity contribution in [1.29, 1.82) is 0 Å². The third-order valence-corrected chi connectivity index (χ3v) is 4.58. The molecule has 1 atom stereocenters. The summed E-state index contributed by atoms with van der Waals surface area (Å²) in [5.41, 5.74) is 1.99. The van der Waals surface area contributed by atoms with Gasteiger partial charge < -0.3 is 15.0 Å². The molecule has 1 fully saturated rings. The average molecular weight is 302 g/mol. The first kappa shape index (κ1) is 14.1. The van der Waals surface area contributed by atoms with Gasteiger partial charge in [-0.15, -0.1) is 11.3 Å². The second kappa shape index (κ2) is 6.28. The van der Waals surface area contributed by atoms with E-state index in [1.807, 2.05) is 41.8 Å². The van der Waals surface area contributed by atoms with Crippen molar-refractivity contribution in [3.05, 3.63) is 46.7 Å². The van der Waals surface area contributed by atoms with Gasteiger partial charge in [-0.2, -0.15) is 0 Å². The standard InChI is InChI=1S/C16H18N2O2S/c1-20-14-8-9-18(11-14)13-6-4-12(5-7-13)17-16(19)15-3-2-10-21-15/h2-7,10,14H,8-9,11H2,1H3,(H,17,19)/t14-/m0/s1. The molecule has 0 unspecified atom stereocenters. The molecule has 2 aromatic rings. The van der Waals surface area contributed by atoms with Gasteiger partial charge in [-0.05, 0) is 42.1 Å². The molecule has 5 heteroatoms. The highest BCUT2D eigenvalue weighted by atomic mass is 32.1. The zero-order chi connectivity index (χ0) is 14.7. The maximum absolute atomic E-state index is 12.0. The number of nitrogens with zero attached hydrogens (tertiary/aromatic N) is 1. The van der Waals surface area contributed by atoms with E-state index in [0.717, 1.165) is 30.1 Å². The molecule has 0 aliphatic carbocycles. The zero-order valence-corrected chi connectivity index (χ0v) is 12.7. The maximum Gasteiger partial charge on any atom is 0.265 e. The monoisotopic (exact) mass is 302 g/mol. The molecule has 0 saturated carbocycles. The van der Waals surface area contributed by atoms with E-state index in [-0.39, 0.29) is 5.91 Å². The number of rotatable bonds is 4. The lowest BCUT2D eigenvalue weighted by atomic mass is 10.2. The number of nitrogens with one attached hydrogen (secondary N) is 1. The normalized spacial score (nSPS) is 18.0. The maximum atomic E-state index is 12.0. The molecular weight excluding hydrogens is 284 g/mol. The Morgan fingerprint density at radius 2 is 2.14 bits per heavy atom. The van der Waals surface area contributed by atoms with Crippen molar-refractivity contribution in [3.8, 4) is 0 Å². The fraction of sp³-hybridized carbons (Fsp3) is 0.312. The van der Waals surface area contributed by atoms with Crippen LogP contribution in [0.1, 0.15) is 16.1 Å². The van der Waals surface area contributed by atoms with Crippen molar-refractivity contribution in [2.75, 3.05) is 30.4 Å². The molecule has 1 aliphatic rings. The number of hydrogen-bond acceptors (Lipinski definition) is 4. The first-order valence-electron chi connectivity index (χ1n) is 6.99. The molecule has 1 aromatic carbocycles. The van der Waals surface area contributed by atoms with Gasteiger partial charge in [0.25, 0.3) is 5.91 Å². The topological polar surface area (TPSA) is 41.6 Å². The fourth-order valence-electron chi connectivity index (χ4n) is 2.51. The van der Waals surface area contributed by atoms with Crippen molar-refractivity contribution >= 4 is 28.6 Å². The van der Waals surface area contributed by atoms with E-state index >= 15 is 0 Å². The molecule has 21 heavy (non-hydrogen) atoms. The molecular formula is C16H18N2O2S. The van der Waals surface area contributed by atoms with E-state index in [4.69, 9.17) is 4.74 Å². The zero-order valence-electron chi connectivity index (χ0n) is 11.9. The van der Waals surface area contributed by atoms with Gasteiger partial charge in [0.05, 0.1) is 11.0 Å². The number of anilines is 2. The molecule has 1 aromatic heterocycles. The van der Waals surface area contributed by atoms with Crippen LogP contribution in [0.15, 0.2) is 41.8 Å². The Hall–Kier alpha value is -1.85. The summed E-state index contributed by atoms with van der Waals surface area (Å²) in [6, 6.07) is 11.7. The molecule has 0 spiro atoms. The van der Waals surface area contributed by atoms with Crippen LogP contribution in [-0.4, -0.2) is 32.2 Å². The highest BCUT2D eigenvalue weighted by Gasteiger charge is 2.22. The van der Waals surface area contributed by atoms with Crippen LogP contribution < -0.4 is 10.2 Å². The van der Waals surface area contributed by atoms with E-state index in [2.05, 4.69) is 10.2 Å². The van der Waals surface area contributed by atoms with Crippen LogP contribution in [0, 0.1) is 0 Å². The highest BCUT2D eigenvalue weighted by Crippen LogP contribution is 2.23. The first-order valence-corrected chi connectivity index (χ1v) is 7.87. The van der Waals surface area contributed by atoms with Crippen molar-refractivity contribution in [1.82, 2.24) is 0 Å². The molecule has 0 bridgehead atoms. The number of methoxy groups -OCH3 is 1. The lowest BCUT2D eigenvalue weighted by Gasteiger charge is -2.18. The highest BCUT2D eigenvalue weighted by molar-refractivity contribution is 7.12. The molecule has 2 heterocycles. The van der Waals surface area contributed by atoms with Crippen LogP contribution in [-0.2, 0) is 4.74 Å². The van der Waals surface area contributed by atoms with Gasteiger partial charge in [0.15, 0.2) is 0 Å². The second-order valence-corrected chi connectivity index (χ2v) is 6.02. The lowest BCUT2D eigenvalue weighted by Crippen LogP contribution is -2.22. The summed E-state index contributed by atoms with van der Waals surface area (Å²) in [4.78, 5) is 15.0.